The number of ether oxygens (including phenoxy) is 1. The van der Waals surface area contributed by atoms with Gasteiger partial charge in [-0.05, 0) is 49.1 Å². The number of rotatable bonds is 7. The molecule has 2 heterocycles. The Morgan fingerprint density at radius 1 is 1.12 bits per heavy atom. The first-order chi connectivity index (χ1) is 16.1. The monoisotopic (exact) mass is 481 g/mol. The minimum atomic E-state index is -0.717. The summed E-state index contributed by atoms with van der Waals surface area (Å²) in [7, 11) is 1.60. The molecule has 0 spiro atoms. The van der Waals surface area contributed by atoms with E-state index in [1.54, 1.807) is 23.8 Å². The number of benzene rings is 2. The first-order valence-electron chi connectivity index (χ1n) is 11.4. The molecule has 2 aromatic rings. The summed E-state index contributed by atoms with van der Waals surface area (Å²) in [5.74, 6) is -0.0749. The highest BCUT2D eigenvalue weighted by molar-refractivity contribution is 8.01. The minimum absolute atomic E-state index is 0.126. The van der Waals surface area contributed by atoms with Crippen LogP contribution < -0.4 is 15.4 Å². The molecule has 2 N–H and O–H groups in total. The van der Waals surface area contributed by atoms with Gasteiger partial charge in [-0.15, -0.1) is 11.8 Å². The van der Waals surface area contributed by atoms with Crippen molar-refractivity contribution in [2.75, 3.05) is 7.11 Å². The normalized spacial score (nSPS) is 21.1. The number of hydrogen-bond donors (Lipinski definition) is 2. The van der Waals surface area contributed by atoms with E-state index < -0.39 is 16.8 Å². The third-order valence-corrected chi connectivity index (χ3v) is 7.95. The highest BCUT2D eigenvalue weighted by Crippen LogP contribution is 2.56. The Morgan fingerprint density at radius 2 is 1.79 bits per heavy atom. The van der Waals surface area contributed by atoms with Crippen LogP contribution in [0, 0.1) is 5.92 Å². The van der Waals surface area contributed by atoms with Gasteiger partial charge in [-0.3, -0.25) is 14.4 Å². The van der Waals surface area contributed by atoms with Gasteiger partial charge in [0.1, 0.15) is 23.2 Å². The molecule has 0 radical (unpaired) electrons. The molecule has 1 fully saturated rings. The highest BCUT2D eigenvalue weighted by Gasteiger charge is 2.57. The van der Waals surface area contributed by atoms with Gasteiger partial charge in [0.05, 0.1) is 7.11 Å². The molecule has 0 bridgehead atoms. The molecule has 0 aromatic heterocycles. The number of carbonyl (C=O) groups is 3. The van der Waals surface area contributed by atoms with E-state index in [2.05, 4.69) is 10.6 Å². The molecule has 180 valence electrons. The summed E-state index contributed by atoms with van der Waals surface area (Å²) in [6.07, 6.45) is 0. The zero-order valence-corrected chi connectivity index (χ0v) is 20.9. The van der Waals surface area contributed by atoms with Crippen LogP contribution in [-0.2, 0) is 16.1 Å². The maximum absolute atomic E-state index is 13.6. The van der Waals surface area contributed by atoms with Gasteiger partial charge in [-0.2, -0.15) is 0 Å². The van der Waals surface area contributed by atoms with Gasteiger partial charge in [-0.1, -0.05) is 44.2 Å². The average Bonchev–Trinajstić information content (AvgIpc) is 3.24. The summed E-state index contributed by atoms with van der Waals surface area (Å²) in [4.78, 5) is 41.4. The Balaban J connectivity index is 1.47. The van der Waals surface area contributed by atoms with Gasteiger partial charge < -0.3 is 20.3 Å². The third kappa shape index (κ3) is 4.39. The Labute approximate surface area is 204 Å². The van der Waals surface area contributed by atoms with E-state index in [9.17, 15) is 14.4 Å². The molecular formula is C26H31N3O4S. The van der Waals surface area contributed by atoms with Gasteiger partial charge in [0.2, 0.25) is 11.8 Å². The van der Waals surface area contributed by atoms with Crippen molar-refractivity contribution in [3.63, 3.8) is 0 Å². The molecule has 3 amide bonds. The van der Waals surface area contributed by atoms with Crippen molar-refractivity contribution in [3.05, 3.63) is 65.2 Å². The molecule has 1 saturated heterocycles. The average molecular weight is 482 g/mol. The van der Waals surface area contributed by atoms with Crippen LogP contribution in [0.15, 0.2) is 48.5 Å². The third-order valence-electron chi connectivity index (χ3n) is 6.42. The van der Waals surface area contributed by atoms with Gasteiger partial charge >= 0.3 is 0 Å². The maximum atomic E-state index is 13.6. The van der Waals surface area contributed by atoms with Crippen LogP contribution in [0.2, 0.25) is 0 Å². The number of thioether (sulfide) groups is 1. The topological polar surface area (TPSA) is 87.7 Å². The van der Waals surface area contributed by atoms with E-state index >= 15 is 0 Å². The number of nitrogens with zero attached hydrogens (tertiary/aromatic N) is 1. The van der Waals surface area contributed by atoms with E-state index in [1.807, 2.05) is 76.2 Å². The highest BCUT2D eigenvalue weighted by atomic mass is 32.2. The Kier molecular flexibility index (Phi) is 6.62. The predicted molar refractivity (Wildman–Crippen MR) is 132 cm³/mol. The number of methoxy groups -OCH3 is 1. The fourth-order valence-corrected chi connectivity index (χ4v) is 6.20. The number of amides is 3. The van der Waals surface area contributed by atoms with Crippen LogP contribution in [0.4, 0.5) is 0 Å². The van der Waals surface area contributed by atoms with Crippen molar-refractivity contribution in [3.8, 4) is 5.75 Å². The molecule has 3 atom stereocenters. The van der Waals surface area contributed by atoms with Gasteiger partial charge in [-0.25, -0.2) is 0 Å². The number of fused-ring (bicyclic) bond motifs is 3. The smallest absolute Gasteiger partial charge is 0.256 e. The number of hydrogen-bond acceptors (Lipinski definition) is 5. The second-order valence-corrected chi connectivity index (χ2v) is 11.3. The lowest BCUT2D eigenvalue weighted by molar-refractivity contribution is -0.132. The summed E-state index contributed by atoms with van der Waals surface area (Å²) in [5, 5.41) is 5.68. The summed E-state index contributed by atoms with van der Waals surface area (Å²) in [6, 6.07) is 13.6. The van der Waals surface area contributed by atoms with E-state index in [0.29, 0.717) is 12.1 Å². The van der Waals surface area contributed by atoms with E-state index in [4.69, 9.17) is 4.74 Å². The van der Waals surface area contributed by atoms with Gasteiger partial charge in [0.15, 0.2) is 0 Å². The maximum Gasteiger partial charge on any atom is 0.256 e. The number of carbonyl (C=O) groups excluding carboxylic acids is 3. The summed E-state index contributed by atoms with van der Waals surface area (Å²) in [6.45, 7) is 8.08. The molecule has 2 aliphatic rings. The minimum Gasteiger partial charge on any atom is -0.497 e. The lowest BCUT2D eigenvalue weighted by Gasteiger charge is -2.32. The Bertz CT molecular complexity index is 1100. The van der Waals surface area contributed by atoms with Crippen LogP contribution in [0.25, 0.3) is 0 Å². The first kappa shape index (κ1) is 24.1. The number of nitrogens with one attached hydrogen (secondary N) is 2. The van der Waals surface area contributed by atoms with Crippen LogP contribution in [0.3, 0.4) is 0 Å². The van der Waals surface area contributed by atoms with E-state index in [0.717, 1.165) is 16.9 Å². The molecular weight excluding hydrogens is 450 g/mol. The molecule has 7 nitrogen and oxygen atoms in total. The van der Waals surface area contributed by atoms with E-state index in [1.165, 1.54) is 0 Å². The summed E-state index contributed by atoms with van der Waals surface area (Å²) >= 11 is 1.61. The zero-order chi connectivity index (χ0) is 24.6. The van der Waals surface area contributed by atoms with Crippen molar-refractivity contribution >= 4 is 29.5 Å². The van der Waals surface area contributed by atoms with Crippen LogP contribution >= 0.6 is 11.8 Å². The fraction of sp³-hybridized carbons (Fsp3) is 0.423. The van der Waals surface area contributed by atoms with Gasteiger partial charge in [0, 0.05) is 16.9 Å². The van der Waals surface area contributed by atoms with Crippen molar-refractivity contribution in [1.29, 1.82) is 0 Å². The lowest BCUT2D eigenvalue weighted by Crippen LogP contribution is -2.58. The molecule has 4 rings (SSSR count). The molecule has 2 aromatic carbocycles. The van der Waals surface area contributed by atoms with Crippen molar-refractivity contribution in [1.82, 2.24) is 15.5 Å². The molecule has 8 heteroatoms. The fourth-order valence-electron chi connectivity index (χ4n) is 4.61. The largest absolute Gasteiger partial charge is 0.497 e. The van der Waals surface area contributed by atoms with Crippen LogP contribution in [0.5, 0.6) is 5.75 Å². The molecule has 34 heavy (non-hydrogen) atoms. The quantitative estimate of drug-likeness (QED) is 0.632. The zero-order valence-electron chi connectivity index (χ0n) is 20.1. The Hall–Kier alpha value is -3.00. The predicted octanol–water partition coefficient (Wildman–Crippen LogP) is 3.50. The second-order valence-electron chi connectivity index (χ2n) is 9.57. The molecule has 1 unspecified atom stereocenters. The standard InChI is InChI=1S/C26H31N3O4S/c1-15(2)20(22(30)27-14-16-10-12-17(33-5)13-11-16)28-23(31)21-26(3,4)34-25-19-9-7-6-8-18(19)24(32)29(21)25/h6-13,15,20-21,25H,14H2,1-5H3,(H,27,30)(H,28,31)/t20-,21+,25?/m0/s1. The summed E-state index contributed by atoms with van der Waals surface area (Å²) in [5.41, 5.74) is 2.52. The molecule has 0 saturated carbocycles. The van der Waals surface area contributed by atoms with Crippen molar-refractivity contribution in [2.45, 2.75) is 56.4 Å². The lowest BCUT2D eigenvalue weighted by atomic mass is 9.98. The summed E-state index contributed by atoms with van der Waals surface area (Å²) < 4.78 is 4.67. The Morgan fingerprint density at radius 3 is 2.44 bits per heavy atom. The first-order valence-corrected chi connectivity index (χ1v) is 12.3. The van der Waals surface area contributed by atoms with Crippen LogP contribution in [-0.4, -0.2) is 46.6 Å². The molecule has 0 aliphatic carbocycles. The van der Waals surface area contributed by atoms with E-state index in [-0.39, 0.29) is 29.0 Å². The van der Waals surface area contributed by atoms with Gasteiger partial charge in [0.25, 0.3) is 5.91 Å². The molecule has 2 aliphatic heterocycles. The van der Waals surface area contributed by atoms with Crippen LogP contribution in [0.1, 0.15) is 54.6 Å². The van der Waals surface area contributed by atoms with Crippen molar-refractivity contribution in [2.24, 2.45) is 5.92 Å². The second kappa shape index (κ2) is 9.33. The SMILES string of the molecule is COc1ccc(CNC(=O)[C@@H](NC(=O)[C@H]2N3C(=O)c4ccccc4C3SC2(C)C)C(C)C)cc1. The van der Waals surface area contributed by atoms with Crippen molar-refractivity contribution < 1.29 is 19.1 Å².